The second kappa shape index (κ2) is 6.86. The highest BCUT2D eigenvalue weighted by molar-refractivity contribution is 5.85. The summed E-state index contributed by atoms with van der Waals surface area (Å²) in [5, 5.41) is 8.68. The molecular weight excluding hydrogens is 206 g/mol. The van der Waals surface area contributed by atoms with Gasteiger partial charge < -0.3 is 20.7 Å². The number of ether oxygens (including phenoxy) is 1. The van der Waals surface area contributed by atoms with E-state index >= 15 is 0 Å². The predicted octanol–water partition coefficient (Wildman–Crippen LogP) is -0.286. The Balaban J connectivity index is 0.00000169. The topological polar surface area (TPSA) is 62.4 Å². The summed E-state index contributed by atoms with van der Waals surface area (Å²) in [6, 6.07) is -0.0465. The quantitative estimate of drug-likeness (QED) is 0.617. The van der Waals surface area contributed by atoms with Crippen LogP contribution in [-0.2, 0) is 4.74 Å². The third-order valence-corrected chi connectivity index (χ3v) is 2.12. The molecule has 2 amide bonds. The van der Waals surface area contributed by atoms with E-state index in [4.69, 9.17) is 4.74 Å². The van der Waals surface area contributed by atoms with Crippen LogP contribution in [-0.4, -0.2) is 44.9 Å². The Bertz CT molecular complexity index is 180. The number of urea groups is 1. The van der Waals surface area contributed by atoms with Crippen LogP contribution >= 0.6 is 12.4 Å². The van der Waals surface area contributed by atoms with Crippen LogP contribution in [0.15, 0.2) is 0 Å². The molecule has 14 heavy (non-hydrogen) atoms. The minimum atomic E-state index is -0.127. The summed E-state index contributed by atoms with van der Waals surface area (Å²) in [7, 11) is 1.66. The van der Waals surface area contributed by atoms with Crippen molar-refractivity contribution in [3.05, 3.63) is 0 Å². The van der Waals surface area contributed by atoms with Gasteiger partial charge in [0.2, 0.25) is 0 Å². The van der Waals surface area contributed by atoms with Crippen LogP contribution in [0.3, 0.4) is 0 Å². The van der Waals surface area contributed by atoms with E-state index in [2.05, 4.69) is 16.0 Å². The van der Waals surface area contributed by atoms with Crippen molar-refractivity contribution >= 4 is 18.4 Å². The van der Waals surface area contributed by atoms with Gasteiger partial charge in [-0.15, -0.1) is 12.4 Å². The highest BCUT2D eigenvalue weighted by atomic mass is 35.5. The monoisotopic (exact) mass is 223 g/mol. The van der Waals surface area contributed by atoms with E-state index in [1.54, 1.807) is 7.11 Å². The van der Waals surface area contributed by atoms with E-state index in [0.717, 1.165) is 13.1 Å². The number of carbonyl (C=O) groups is 1. The van der Waals surface area contributed by atoms with Crippen LogP contribution < -0.4 is 16.0 Å². The molecule has 0 aromatic heterocycles. The van der Waals surface area contributed by atoms with E-state index in [0.29, 0.717) is 6.54 Å². The first kappa shape index (κ1) is 13.5. The number of amides is 2. The molecule has 3 N–H and O–H groups in total. The first-order chi connectivity index (χ1) is 6.27. The maximum Gasteiger partial charge on any atom is 0.315 e. The van der Waals surface area contributed by atoms with Crippen molar-refractivity contribution in [1.29, 1.82) is 0 Å². The number of carbonyl (C=O) groups excluding carboxylic acids is 1. The summed E-state index contributed by atoms with van der Waals surface area (Å²) < 4.78 is 5.20. The number of nitrogens with one attached hydrogen (secondary N) is 3. The molecule has 0 aromatic carbocycles. The average Bonchev–Trinajstić information content (AvgIpc) is 2.52. The fourth-order valence-electron chi connectivity index (χ4n) is 1.43. The molecular formula is C8H18ClN3O2. The fraction of sp³-hybridized carbons (Fsp3) is 0.875. The number of methoxy groups -OCH3 is 1. The van der Waals surface area contributed by atoms with Crippen molar-refractivity contribution in [3.8, 4) is 0 Å². The Morgan fingerprint density at radius 2 is 2.29 bits per heavy atom. The summed E-state index contributed by atoms with van der Waals surface area (Å²) in [6.07, 6.45) is 0.0857. The second-order valence-corrected chi connectivity index (χ2v) is 3.04. The Labute approximate surface area is 90.4 Å². The molecule has 6 heteroatoms. The Morgan fingerprint density at radius 1 is 1.57 bits per heavy atom. The predicted molar refractivity (Wildman–Crippen MR) is 56.9 cm³/mol. The van der Waals surface area contributed by atoms with Gasteiger partial charge in [-0.3, -0.25) is 0 Å². The number of halogens is 1. The van der Waals surface area contributed by atoms with Crippen molar-refractivity contribution < 1.29 is 9.53 Å². The molecule has 1 heterocycles. The number of rotatable bonds is 3. The van der Waals surface area contributed by atoms with Crippen molar-refractivity contribution in [1.82, 2.24) is 16.0 Å². The van der Waals surface area contributed by atoms with E-state index < -0.39 is 0 Å². The van der Waals surface area contributed by atoms with Crippen molar-refractivity contribution in [2.24, 2.45) is 0 Å². The van der Waals surface area contributed by atoms with Crippen LogP contribution in [0.25, 0.3) is 0 Å². The minimum absolute atomic E-state index is 0. The SMILES string of the molecule is CCNC(=O)NC1CNC[C@@H]1OC.Cl. The largest absolute Gasteiger partial charge is 0.378 e. The molecule has 0 saturated carbocycles. The molecule has 84 valence electrons. The average molecular weight is 224 g/mol. The summed E-state index contributed by atoms with van der Waals surface area (Å²) in [4.78, 5) is 11.2. The third-order valence-electron chi connectivity index (χ3n) is 2.12. The highest BCUT2D eigenvalue weighted by Crippen LogP contribution is 2.02. The minimum Gasteiger partial charge on any atom is -0.378 e. The molecule has 0 radical (unpaired) electrons. The lowest BCUT2D eigenvalue weighted by Gasteiger charge is -2.18. The van der Waals surface area contributed by atoms with Gasteiger partial charge in [0.05, 0.1) is 12.1 Å². The highest BCUT2D eigenvalue weighted by Gasteiger charge is 2.27. The summed E-state index contributed by atoms with van der Waals surface area (Å²) in [6.45, 7) is 4.10. The second-order valence-electron chi connectivity index (χ2n) is 3.04. The van der Waals surface area contributed by atoms with Gasteiger partial charge in [0.25, 0.3) is 0 Å². The molecule has 1 aliphatic heterocycles. The number of hydrogen-bond donors (Lipinski definition) is 3. The molecule has 0 aromatic rings. The molecule has 1 unspecified atom stereocenters. The van der Waals surface area contributed by atoms with Crippen molar-refractivity contribution in [3.63, 3.8) is 0 Å². The van der Waals surface area contributed by atoms with Gasteiger partial charge in [-0.05, 0) is 6.92 Å². The lowest BCUT2D eigenvalue weighted by Crippen LogP contribution is -2.47. The molecule has 2 atom stereocenters. The zero-order valence-electron chi connectivity index (χ0n) is 8.50. The van der Waals surface area contributed by atoms with E-state index in [1.807, 2.05) is 6.92 Å². The van der Waals surface area contributed by atoms with Crippen LogP contribution in [0.4, 0.5) is 4.79 Å². The van der Waals surface area contributed by atoms with E-state index in [1.165, 1.54) is 0 Å². The molecule has 1 rings (SSSR count). The van der Waals surface area contributed by atoms with E-state index in [-0.39, 0.29) is 30.6 Å². The molecule has 0 aliphatic carbocycles. The van der Waals surface area contributed by atoms with E-state index in [9.17, 15) is 4.79 Å². The normalized spacial score (nSPS) is 25.3. The first-order valence-corrected chi connectivity index (χ1v) is 4.55. The third kappa shape index (κ3) is 3.69. The maximum atomic E-state index is 11.2. The Hall–Kier alpha value is -0.520. The lowest BCUT2D eigenvalue weighted by atomic mass is 10.2. The van der Waals surface area contributed by atoms with Crippen molar-refractivity contribution in [2.75, 3.05) is 26.7 Å². The number of hydrogen-bond acceptors (Lipinski definition) is 3. The molecule has 1 aliphatic rings. The van der Waals surface area contributed by atoms with Crippen LogP contribution in [0.2, 0.25) is 0 Å². The van der Waals surface area contributed by atoms with Gasteiger partial charge in [-0.25, -0.2) is 4.79 Å². The van der Waals surface area contributed by atoms with Gasteiger partial charge >= 0.3 is 6.03 Å². The van der Waals surface area contributed by atoms with Gasteiger partial charge in [-0.2, -0.15) is 0 Å². The molecule has 0 spiro atoms. The molecule has 1 saturated heterocycles. The van der Waals surface area contributed by atoms with Crippen LogP contribution in [0, 0.1) is 0 Å². The van der Waals surface area contributed by atoms with Crippen LogP contribution in [0.1, 0.15) is 6.92 Å². The standard InChI is InChI=1S/C8H17N3O2.ClH/c1-3-10-8(12)11-6-4-9-5-7(6)13-2;/h6-7,9H,3-5H2,1-2H3,(H2,10,11,12);1H/t6?,7-;/m0./s1. The van der Waals surface area contributed by atoms with Gasteiger partial charge in [-0.1, -0.05) is 0 Å². The van der Waals surface area contributed by atoms with Crippen molar-refractivity contribution in [2.45, 2.75) is 19.1 Å². The summed E-state index contributed by atoms with van der Waals surface area (Å²) in [5.74, 6) is 0. The molecule has 1 fully saturated rings. The van der Waals surface area contributed by atoms with Gasteiger partial charge in [0, 0.05) is 26.7 Å². The Morgan fingerprint density at radius 3 is 2.86 bits per heavy atom. The zero-order valence-corrected chi connectivity index (χ0v) is 9.32. The fourth-order valence-corrected chi connectivity index (χ4v) is 1.43. The molecule has 5 nitrogen and oxygen atoms in total. The summed E-state index contributed by atoms with van der Waals surface area (Å²) >= 11 is 0. The molecule has 0 bridgehead atoms. The smallest absolute Gasteiger partial charge is 0.315 e. The van der Waals surface area contributed by atoms with Gasteiger partial charge in [0.15, 0.2) is 0 Å². The Kier molecular flexibility index (Phi) is 6.61. The summed E-state index contributed by atoms with van der Waals surface area (Å²) in [5.41, 5.74) is 0. The first-order valence-electron chi connectivity index (χ1n) is 4.55. The zero-order chi connectivity index (χ0) is 9.68. The van der Waals surface area contributed by atoms with Crippen LogP contribution in [0.5, 0.6) is 0 Å². The maximum absolute atomic E-state index is 11.2. The van der Waals surface area contributed by atoms with Gasteiger partial charge in [0.1, 0.15) is 0 Å². The lowest BCUT2D eigenvalue weighted by molar-refractivity contribution is 0.0984.